The summed E-state index contributed by atoms with van der Waals surface area (Å²) in [5, 5.41) is 7.94. The van der Waals surface area contributed by atoms with E-state index in [-0.39, 0.29) is 11.8 Å². The summed E-state index contributed by atoms with van der Waals surface area (Å²) in [6.07, 6.45) is 5.43. The lowest BCUT2D eigenvalue weighted by molar-refractivity contribution is -0.118. The van der Waals surface area contributed by atoms with Gasteiger partial charge >= 0.3 is 0 Å². The zero-order valence-corrected chi connectivity index (χ0v) is 13.1. The topological polar surface area (TPSA) is 68.0 Å². The molecule has 2 aliphatic rings. The first-order valence-electron chi connectivity index (χ1n) is 8.42. The molecule has 3 aromatic rings. The molecule has 120 valence electrons. The zero-order chi connectivity index (χ0) is 16.1. The van der Waals surface area contributed by atoms with Crippen molar-refractivity contribution in [1.82, 2.24) is 10.1 Å². The third-order valence-corrected chi connectivity index (χ3v) is 5.36. The number of nitrogens with one attached hydrogen (secondary N) is 1. The zero-order valence-electron chi connectivity index (χ0n) is 13.1. The fraction of sp³-hybridized carbons (Fsp3) is 0.316. The van der Waals surface area contributed by atoms with E-state index in [4.69, 9.17) is 4.52 Å². The van der Waals surface area contributed by atoms with E-state index in [0.717, 1.165) is 16.5 Å². The maximum atomic E-state index is 12.3. The average molecular weight is 319 g/mol. The van der Waals surface area contributed by atoms with Gasteiger partial charge in [0.1, 0.15) is 0 Å². The van der Waals surface area contributed by atoms with E-state index < -0.39 is 0 Å². The Labute approximate surface area is 139 Å². The third kappa shape index (κ3) is 2.19. The molecule has 2 unspecified atom stereocenters. The number of aromatic nitrogens is 2. The molecule has 2 atom stereocenters. The van der Waals surface area contributed by atoms with Crippen LogP contribution in [0.15, 0.2) is 47.1 Å². The van der Waals surface area contributed by atoms with Crippen molar-refractivity contribution in [1.29, 1.82) is 0 Å². The van der Waals surface area contributed by atoms with E-state index >= 15 is 0 Å². The molecule has 0 radical (unpaired) electrons. The Hall–Kier alpha value is -2.69. The van der Waals surface area contributed by atoms with Crippen LogP contribution < -0.4 is 5.32 Å². The molecule has 0 aliphatic heterocycles. The lowest BCUT2D eigenvalue weighted by Gasteiger charge is -2.02. The molecule has 2 aromatic heterocycles. The van der Waals surface area contributed by atoms with E-state index in [0.29, 0.717) is 23.4 Å². The van der Waals surface area contributed by atoms with Crippen LogP contribution in [0.1, 0.15) is 19.3 Å². The second kappa shape index (κ2) is 5.16. The predicted molar refractivity (Wildman–Crippen MR) is 90.2 cm³/mol. The van der Waals surface area contributed by atoms with Gasteiger partial charge in [-0.1, -0.05) is 17.6 Å². The molecule has 2 aliphatic carbocycles. The van der Waals surface area contributed by atoms with Gasteiger partial charge < -0.3 is 9.84 Å². The van der Waals surface area contributed by atoms with Crippen LogP contribution in [0.25, 0.3) is 22.2 Å². The summed E-state index contributed by atoms with van der Waals surface area (Å²) in [5.41, 5.74) is 1.86. The van der Waals surface area contributed by atoms with Crippen LogP contribution >= 0.6 is 0 Å². The normalized spacial score (nSPS) is 24.8. The number of fused-ring (bicyclic) bond motifs is 2. The summed E-state index contributed by atoms with van der Waals surface area (Å²) in [6.45, 7) is 0. The Morgan fingerprint density at radius 1 is 1.17 bits per heavy atom. The van der Waals surface area contributed by atoms with Crippen molar-refractivity contribution < 1.29 is 9.32 Å². The molecule has 24 heavy (non-hydrogen) atoms. The molecule has 5 rings (SSSR count). The van der Waals surface area contributed by atoms with Crippen molar-refractivity contribution in [2.75, 3.05) is 5.32 Å². The highest BCUT2D eigenvalue weighted by Gasteiger charge is 2.56. The molecule has 5 heteroatoms. The van der Waals surface area contributed by atoms with Gasteiger partial charge in [0.2, 0.25) is 5.91 Å². The molecule has 1 aromatic carbocycles. The van der Waals surface area contributed by atoms with E-state index in [1.807, 2.05) is 30.3 Å². The molecule has 2 fully saturated rings. The van der Waals surface area contributed by atoms with Gasteiger partial charge in [0, 0.05) is 29.1 Å². The standard InChI is InChI=1S/C19H17N3O2/c23-19(18-13-4-1-5-14(13)18)21-17-10-16(24-22-17)12-6-7-15-11(9-12)3-2-8-20-15/h2-3,6-10,13-14,18H,1,4-5H2,(H,21,22,23). The Bertz CT molecular complexity index is 923. The van der Waals surface area contributed by atoms with Crippen LogP contribution in [0.5, 0.6) is 0 Å². The number of anilines is 1. The average Bonchev–Trinajstić information content (AvgIpc) is 2.96. The second-order valence-corrected chi connectivity index (χ2v) is 6.76. The maximum Gasteiger partial charge on any atom is 0.229 e. The molecule has 0 bridgehead atoms. The van der Waals surface area contributed by atoms with Gasteiger partial charge in [-0.05, 0) is 48.9 Å². The number of benzene rings is 1. The number of carbonyl (C=O) groups excluding carboxylic acids is 1. The van der Waals surface area contributed by atoms with Crippen LogP contribution in [0, 0.1) is 17.8 Å². The fourth-order valence-corrected chi connectivity index (χ4v) is 4.12. The summed E-state index contributed by atoms with van der Waals surface area (Å²) >= 11 is 0. The van der Waals surface area contributed by atoms with E-state index in [9.17, 15) is 4.79 Å². The number of hydrogen-bond acceptors (Lipinski definition) is 4. The van der Waals surface area contributed by atoms with Crippen molar-refractivity contribution in [3.63, 3.8) is 0 Å². The molecule has 5 nitrogen and oxygen atoms in total. The van der Waals surface area contributed by atoms with Crippen LogP contribution in [0.4, 0.5) is 5.82 Å². The Balaban J connectivity index is 1.35. The minimum Gasteiger partial charge on any atom is -0.354 e. The summed E-state index contributed by atoms with van der Waals surface area (Å²) in [5.74, 6) is 2.62. The van der Waals surface area contributed by atoms with E-state index in [1.54, 1.807) is 12.3 Å². The van der Waals surface area contributed by atoms with Crippen molar-refractivity contribution in [3.8, 4) is 11.3 Å². The number of rotatable bonds is 3. The minimum atomic E-state index is 0.0901. The number of hydrogen-bond donors (Lipinski definition) is 1. The highest BCUT2D eigenvalue weighted by Crippen LogP contribution is 2.57. The summed E-state index contributed by atoms with van der Waals surface area (Å²) < 4.78 is 5.41. The van der Waals surface area contributed by atoms with Crippen LogP contribution in [-0.4, -0.2) is 16.0 Å². The number of amides is 1. The van der Waals surface area contributed by atoms with E-state index in [1.165, 1.54) is 19.3 Å². The maximum absolute atomic E-state index is 12.3. The van der Waals surface area contributed by atoms with Gasteiger partial charge in [0.15, 0.2) is 11.6 Å². The molecule has 1 N–H and O–H groups in total. The van der Waals surface area contributed by atoms with Gasteiger partial charge in [-0.25, -0.2) is 0 Å². The third-order valence-electron chi connectivity index (χ3n) is 5.36. The van der Waals surface area contributed by atoms with E-state index in [2.05, 4.69) is 15.5 Å². The SMILES string of the molecule is O=C(Nc1cc(-c2ccc3ncccc3c2)on1)C1C2CCCC21. The molecule has 2 heterocycles. The van der Waals surface area contributed by atoms with Crippen LogP contribution in [0.3, 0.4) is 0 Å². The lowest BCUT2D eigenvalue weighted by atomic mass is 10.1. The molecule has 0 spiro atoms. The predicted octanol–water partition coefficient (Wildman–Crippen LogP) is 3.87. The molecular weight excluding hydrogens is 302 g/mol. The van der Waals surface area contributed by atoms with Crippen molar-refractivity contribution in [2.24, 2.45) is 17.8 Å². The van der Waals surface area contributed by atoms with Gasteiger partial charge in [0.05, 0.1) is 5.52 Å². The summed E-state index contributed by atoms with van der Waals surface area (Å²) in [6, 6.07) is 11.6. The molecule has 0 saturated heterocycles. The largest absolute Gasteiger partial charge is 0.354 e. The minimum absolute atomic E-state index is 0.0901. The smallest absolute Gasteiger partial charge is 0.229 e. The number of pyridine rings is 1. The van der Waals surface area contributed by atoms with Crippen LogP contribution in [-0.2, 0) is 4.79 Å². The highest BCUT2D eigenvalue weighted by atomic mass is 16.5. The molecule has 2 saturated carbocycles. The molecule has 1 amide bonds. The first-order valence-corrected chi connectivity index (χ1v) is 8.42. The second-order valence-electron chi connectivity index (χ2n) is 6.76. The summed E-state index contributed by atoms with van der Waals surface area (Å²) in [7, 11) is 0. The van der Waals surface area contributed by atoms with Crippen molar-refractivity contribution in [2.45, 2.75) is 19.3 Å². The Morgan fingerprint density at radius 2 is 2.04 bits per heavy atom. The quantitative estimate of drug-likeness (QED) is 0.795. The Kier molecular flexibility index (Phi) is 2.95. The lowest BCUT2D eigenvalue weighted by Crippen LogP contribution is -2.16. The van der Waals surface area contributed by atoms with Gasteiger partial charge in [0.25, 0.3) is 0 Å². The summed E-state index contributed by atoms with van der Waals surface area (Å²) in [4.78, 5) is 16.6. The van der Waals surface area contributed by atoms with Gasteiger partial charge in [-0.3, -0.25) is 9.78 Å². The van der Waals surface area contributed by atoms with Gasteiger partial charge in [-0.15, -0.1) is 0 Å². The van der Waals surface area contributed by atoms with Crippen LogP contribution in [0.2, 0.25) is 0 Å². The van der Waals surface area contributed by atoms with Crippen molar-refractivity contribution >= 4 is 22.6 Å². The Morgan fingerprint density at radius 3 is 2.92 bits per heavy atom. The van der Waals surface area contributed by atoms with Gasteiger partial charge in [-0.2, -0.15) is 0 Å². The number of nitrogens with zero attached hydrogens (tertiary/aromatic N) is 2. The first kappa shape index (κ1) is 13.7. The highest BCUT2D eigenvalue weighted by molar-refractivity contribution is 5.94. The van der Waals surface area contributed by atoms with Crippen molar-refractivity contribution in [3.05, 3.63) is 42.6 Å². The number of carbonyl (C=O) groups is 1. The monoisotopic (exact) mass is 319 g/mol. The fourth-order valence-electron chi connectivity index (χ4n) is 4.12. The first-order chi connectivity index (χ1) is 11.8. The molecular formula is C19H17N3O2.